The van der Waals surface area contributed by atoms with Gasteiger partial charge in [-0.15, -0.1) is 0 Å². The first-order valence-electron chi connectivity index (χ1n) is 9.41. The van der Waals surface area contributed by atoms with Crippen molar-refractivity contribution in [1.29, 1.82) is 0 Å². The van der Waals surface area contributed by atoms with Crippen molar-refractivity contribution in [3.05, 3.63) is 48.5 Å². The third-order valence-electron chi connectivity index (χ3n) is 4.10. The molecule has 0 fully saturated rings. The highest BCUT2D eigenvalue weighted by Crippen LogP contribution is 2.23. The number of para-hydroxylation sites is 2. The van der Waals surface area contributed by atoms with E-state index in [-0.39, 0.29) is 5.91 Å². The summed E-state index contributed by atoms with van der Waals surface area (Å²) in [6.45, 7) is 6.35. The normalized spacial score (nSPS) is 10.8. The zero-order valence-electron chi connectivity index (χ0n) is 16.2. The summed E-state index contributed by atoms with van der Waals surface area (Å²) in [7, 11) is 0. The number of nitrogens with one attached hydrogen (secondary N) is 1. The van der Waals surface area contributed by atoms with Crippen LogP contribution >= 0.6 is 11.8 Å². The Balaban J connectivity index is 1.41. The zero-order chi connectivity index (χ0) is 19.8. The van der Waals surface area contributed by atoms with Gasteiger partial charge in [0.05, 0.1) is 29.9 Å². The Morgan fingerprint density at radius 1 is 1.07 bits per heavy atom. The molecule has 28 heavy (non-hydrogen) atoms. The number of benzene rings is 2. The van der Waals surface area contributed by atoms with Gasteiger partial charge < -0.3 is 19.4 Å². The van der Waals surface area contributed by atoms with Crippen LogP contribution in [0.25, 0.3) is 11.0 Å². The number of ether oxygens (including phenoxy) is 2. The Labute approximate surface area is 169 Å². The quantitative estimate of drug-likeness (QED) is 0.416. The van der Waals surface area contributed by atoms with Gasteiger partial charge in [-0.1, -0.05) is 23.9 Å². The van der Waals surface area contributed by atoms with Gasteiger partial charge in [-0.2, -0.15) is 0 Å². The van der Waals surface area contributed by atoms with E-state index in [1.165, 1.54) is 11.8 Å². The highest BCUT2D eigenvalue weighted by Gasteiger charge is 2.11. The van der Waals surface area contributed by atoms with Gasteiger partial charge in [0.1, 0.15) is 18.1 Å². The Morgan fingerprint density at radius 3 is 2.50 bits per heavy atom. The molecule has 0 spiro atoms. The van der Waals surface area contributed by atoms with E-state index in [0.717, 1.165) is 34.2 Å². The number of aryl methyl sites for hydroxylation is 1. The van der Waals surface area contributed by atoms with E-state index in [0.29, 0.717) is 25.5 Å². The van der Waals surface area contributed by atoms with Crippen LogP contribution in [-0.2, 0) is 11.3 Å². The maximum atomic E-state index is 12.1. The summed E-state index contributed by atoms with van der Waals surface area (Å²) < 4.78 is 13.2. The Hall–Kier alpha value is -2.67. The number of carbonyl (C=O) groups excluding carboxylic acids is 1. The van der Waals surface area contributed by atoms with Crippen molar-refractivity contribution >= 4 is 28.7 Å². The summed E-state index contributed by atoms with van der Waals surface area (Å²) in [6, 6.07) is 15.5. The van der Waals surface area contributed by atoms with E-state index in [1.807, 2.05) is 55.5 Å². The summed E-state index contributed by atoms with van der Waals surface area (Å²) >= 11 is 1.45. The van der Waals surface area contributed by atoms with Crippen molar-refractivity contribution in [1.82, 2.24) is 14.9 Å². The van der Waals surface area contributed by atoms with Crippen molar-refractivity contribution in [3.63, 3.8) is 0 Å². The Morgan fingerprint density at radius 2 is 1.79 bits per heavy atom. The first kappa shape index (κ1) is 20.1. The molecule has 0 unspecified atom stereocenters. The second-order valence-corrected chi connectivity index (χ2v) is 6.96. The van der Waals surface area contributed by atoms with Crippen LogP contribution in [0.1, 0.15) is 13.8 Å². The van der Waals surface area contributed by atoms with Crippen LogP contribution in [0.3, 0.4) is 0 Å². The van der Waals surface area contributed by atoms with Crippen LogP contribution < -0.4 is 14.8 Å². The summed E-state index contributed by atoms with van der Waals surface area (Å²) in [6.07, 6.45) is 0. The predicted octanol–water partition coefficient (Wildman–Crippen LogP) is 3.74. The van der Waals surface area contributed by atoms with E-state index in [4.69, 9.17) is 9.47 Å². The van der Waals surface area contributed by atoms with Crippen molar-refractivity contribution in [2.45, 2.75) is 25.5 Å². The summed E-state index contributed by atoms with van der Waals surface area (Å²) in [4.78, 5) is 16.7. The minimum absolute atomic E-state index is 0.0324. The number of nitrogens with zero attached hydrogens (tertiary/aromatic N) is 2. The molecule has 7 heteroatoms. The van der Waals surface area contributed by atoms with Crippen molar-refractivity contribution in [2.75, 3.05) is 25.5 Å². The highest BCUT2D eigenvalue weighted by molar-refractivity contribution is 7.99. The molecule has 1 heterocycles. The predicted molar refractivity (Wildman–Crippen MR) is 112 cm³/mol. The van der Waals surface area contributed by atoms with Gasteiger partial charge in [-0.05, 0) is 50.2 Å². The highest BCUT2D eigenvalue weighted by atomic mass is 32.2. The van der Waals surface area contributed by atoms with E-state index in [2.05, 4.69) is 21.8 Å². The van der Waals surface area contributed by atoms with Gasteiger partial charge in [0.15, 0.2) is 5.16 Å². The molecule has 0 radical (unpaired) electrons. The van der Waals surface area contributed by atoms with Gasteiger partial charge in [0.2, 0.25) is 5.91 Å². The van der Waals surface area contributed by atoms with Crippen LogP contribution in [0.15, 0.2) is 53.7 Å². The largest absolute Gasteiger partial charge is 0.494 e. The Bertz CT molecular complexity index is 909. The SMILES string of the molecule is CCOc1ccc(OCCNC(=O)CSc2nc3ccccc3n2CC)cc1. The van der Waals surface area contributed by atoms with Crippen molar-refractivity contribution in [3.8, 4) is 11.5 Å². The number of hydrogen-bond donors (Lipinski definition) is 1. The number of aromatic nitrogens is 2. The maximum absolute atomic E-state index is 12.1. The lowest BCUT2D eigenvalue weighted by Crippen LogP contribution is -2.29. The smallest absolute Gasteiger partial charge is 0.230 e. The van der Waals surface area contributed by atoms with Gasteiger partial charge in [0.25, 0.3) is 0 Å². The van der Waals surface area contributed by atoms with Crippen LogP contribution in [0.2, 0.25) is 0 Å². The summed E-state index contributed by atoms with van der Waals surface area (Å²) in [5.41, 5.74) is 2.05. The van der Waals surface area contributed by atoms with Gasteiger partial charge >= 0.3 is 0 Å². The molecule has 0 saturated heterocycles. The maximum Gasteiger partial charge on any atom is 0.230 e. The molecule has 2 aromatic carbocycles. The second-order valence-electron chi connectivity index (χ2n) is 6.02. The van der Waals surface area contributed by atoms with Crippen molar-refractivity contribution < 1.29 is 14.3 Å². The molecular weight excluding hydrogens is 374 g/mol. The minimum Gasteiger partial charge on any atom is -0.494 e. The second kappa shape index (κ2) is 10.0. The standard InChI is InChI=1S/C21H25N3O3S/c1-3-24-19-8-6-5-7-18(19)23-21(24)28-15-20(25)22-13-14-27-17-11-9-16(10-12-17)26-4-2/h5-12H,3-4,13-15H2,1-2H3,(H,22,25). The summed E-state index contributed by atoms with van der Waals surface area (Å²) in [5.74, 6) is 1.86. The number of rotatable bonds is 10. The molecule has 0 bridgehead atoms. The van der Waals surface area contributed by atoms with E-state index < -0.39 is 0 Å². The minimum atomic E-state index is -0.0324. The zero-order valence-corrected chi connectivity index (χ0v) is 17.0. The van der Waals surface area contributed by atoms with E-state index in [9.17, 15) is 4.79 Å². The van der Waals surface area contributed by atoms with E-state index >= 15 is 0 Å². The fourth-order valence-corrected chi connectivity index (χ4v) is 3.72. The number of thioether (sulfide) groups is 1. The lowest BCUT2D eigenvalue weighted by atomic mass is 10.3. The number of carbonyl (C=O) groups is 1. The fraction of sp³-hybridized carbons (Fsp3) is 0.333. The number of amides is 1. The van der Waals surface area contributed by atoms with Gasteiger partial charge in [-0.25, -0.2) is 4.98 Å². The number of fused-ring (bicyclic) bond motifs is 1. The molecule has 3 aromatic rings. The molecule has 148 valence electrons. The fourth-order valence-electron chi connectivity index (χ4n) is 2.81. The van der Waals surface area contributed by atoms with Crippen LogP contribution in [0, 0.1) is 0 Å². The third kappa shape index (κ3) is 5.19. The van der Waals surface area contributed by atoms with Crippen molar-refractivity contribution in [2.24, 2.45) is 0 Å². The topological polar surface area (TPSA) is 65.4 Å². The lowest BCUT2D eigenvalue weighted by molar-refractivity contribution is -0.118. The van der Waals surface area contributed by atoms with E-state index in [1.54, 1.807) is 0 Å². The molecule has 1 aromatic heterocycles. The first-order chi connectivity index (χ1) is 13.7. The average Bonchev–Trinajstić information content (AvgIpc) is 3.08. The molecule has 1 amide bonds. The molecule has 0 atom stereocenters. The molecule has 1 N–H and O–H groups in total. The molecule has 0 aliphatic heterocycles. The number of imidazole rings is 1. The molecule has 6 nitrogen and oxygen atoms in total. The van der Waals surface area contributed by atoms with Gasteiger partial charge in [-0.3, -0.25) is 4.79 Å². The third-order valence-corrected chi connectivity index (χ3v) is 5.07. The van der Waals surface area contributed by atoms with Crippen LogP contribution in [-0.4, -0.2) is 41.0 Å². The molecular formula is C21H25N3O3S. The average molecular weight is 400 g/mol. The first-order valence-corrected chi connectivity index (χ1v) is 10.4. The van der Waals surface area contributed by atoms with Crippen LogP contribution in [0.5, 0.6) is 11.5 Å². The van der Waals surface area contributed by atoms with Crippen LogP contribution in [0.4, 0.5) is 0 Å². The van der Waals surface area contributed by atoms with Gasteiger partial charge in [0, 0.05) is 6.54 Å². The Kier molecular flexibility index (Phi) is 7.19. The molecule has 3 rings (SSSR count). The summed E-state index contributed by atoms with van der Waals surface area (Å²) in [5, 5.41) is 3.74. The molecule has 0 aliphatic rings. The monoisotopic (exact) mass is 399 g/mol. The lowest BCUT2D eigenvalue weighted by Gasteiger charge is -2.09. The number of hydrogen-bond acceptors (Lipinski definition) is 5. The molecule has 0 aliphatic carbocycles. The molecule has 0 saturated carbocycles.